The Hall–Kier alpha value is -2.64. The Morgan fingerprint density at radius 3 is 2.48 bits per heavy atom. The predicted molar refractivity (Wildman–Crippen MR) is 107 cm³/mol. The van der Waals surface area contributed by atoms with Gasteiger partial charge in [0, 0.05) is 11.9 Å². The van der Waals surface area contributed by atoms with Crippen LogP contribution in [0.5, 0.6) is 0 Å². The summed E-state index contributed by atoms with van der Waals surface area (Å²) < 4.78 is 54.5. The zero-order valence-electron chi connectivity index (χ0n) is 16.3. The minimum atomic E-state index is -4.71. The Kier molecular flexibility index (Phi) is 7.18. The molecule has 10 heteroatoms. The molecule has 0 aliphatic heterocycles. The molecule has 0 radical (unpaired) electrons. The number of thioether (sulfide) groups is 1. The average molecular weight is 452 g/mol. The van der Waals surface area contributed by atoms with E-state index in [1.165, 1.54) is 11.8 Å². The number of hydrogen-bond donors (Lipinski definition) is 2. The normalized spacial score (nSPS) is 16.7. The molecule has 1 aliphatic rings. The summed E-state index contributed by atoms with van der Waals surface area (Å²) in [5.74, 6) is -0.997. The number of amides is 1. The van der Waals surface area contributed by atoms with Gasteiger partial charge in [0.05, 0.1) is 17.1 Å². The molecule has 2 aromatic rings. The number of carbonyl (C=O) groups excluding carboxylic acids is 1. The van der Waals surface area contributed by atoms with Gasteiger partial charge in [-0.3, -0.25) is 10.1 Å². The number of rotatable bonds is 9. The second-order valence-corrected chi connectivity index (χ2v) is 8.35. The molecule has 1 heterocycles. The molecule has 0 saturated heterocycles. The standard InChI is InChI=1S/C21H20F4N4OS/c22-15-6-4-14(5-7-15)18(21(23,24)25)28-16(19(30)29-20(13-26)9-10-20)8-12-31-17-3-1-2-11-27-17/h1-7,11,16,18,28H,8-10,12H2,(H,29,30)/t16-,18?/m0/s1. The summed E-state index contributed by atoms with van der Waals surface area (Å²) >= 11 is 1.31. The summed E-state index contributed by atoms with van der Waals surface area (Å²) in [4.78, 5) is 16.9. The van der Waals surface area contributed by atoms with Crippen LogP contribution in [0.1, 0.15) is 30.9 Å². The highest BCUT2D eigenvalue weighted by molar-refractivity contribution is 7.99. The molecule has 1 aromatic carbocycles. The number of benzene rings is 1. The minimum Gasteiger partial charge on any atom is -0.336 e. The van der Waals surface area contributed by atoms with E-state index < -0.39 is 35.5 Å². The van der Waals surface area contributed by atoms with E-state index in [2.05, 4.69) is 15.6 Å². The van der Waals surface area contributed by atoms with Gasteiger partial charge in [0.1, 0.15) is 17.4 Å². The summed E-state index contributed by atoms with van der Waals surface area (Å²) in [5, 5.41) is 14.9. The van der Waals surface area contributed by atoms with Crippen molar-refractivity contribution < 1.29 is 22.4 Å². The summed E-state index contributed by atoms with van der Waals surface area (Å²) in [6.07, 6.45) is -2.11. The predicted octanol–water partition coefficient (Wildman–Crippen LogP) is 4.14. The highest BCUT2D eigenvalue weighted by Crippen LogP contribution is 2.36. The first-order chi connectivity index (χ1) is 14.7. The zero-order chi connectivity index (χ0) is 22.5. The maximum atomic E-state index is 13.8. The lowest BCUT2D eigenvalue weighted by atomic mass is 10.0. The molecule has 1 fully saturated rings. The summed E-state index contributed by atoms with van der Waals surface area (Å²) in [5.41, 5.74) is -1.21. The van der Waals surface area contributed by atoms with Crippen molar-refractivity contribution in [1.29, 1.82) is 5.26 Å². The van der Waals surface area contributed by atoms with Gasteiger partial charge in [-0.05, 0) is 49.1 Å². The Morgan fingerprint density at radius 1 is 1.23 bits per heavy atom. The van der Waals surface area contributed by atoms with Gasteiger partial charge >= 0.3 is 6.18 Å². The Labute approximate surface area is 181 Å². The minimum absolute atomic E-state index is 0.0718. The van der Waals surface area contributed by atoms with Gasteiger partial charge in [-0.15, -0.1) is 11.8 Å². The molecular weight excluding hydrogens is 432 g/mol. The van der Waals surface area contributed by atoms with Crippen LogP contribution in [0.2, 0.25) is 0 Å². The molecule has 2 N–H and O–H groups in total. The van der Waals surface area contributed by atoms with Crippen LogP contribution in [0.15, 0.2) is 53.7 Å². The Morgan fingerprint density at radius 2 is 1.94 bits per heavy atom. The van der Waals surface area contributed by atoms with E-state index in [4.69, 9.17) is 0 Å². The van der Waals surface area contributed by atoms with Gasteiger partial charge in [-0.25, -0.2) is 9.37 Å². The zero-order valence-corrected chi connectivity index (χ0v) is 17.1. The fourth-order valence-electron chi connectivity index (χ4n) is 2.95. The van der Waals surface area contributed by atoms with Crippen molar-refractivity contribution in [2.45, 2.75) is 48.1 Å². The summed E-state index contributed by atoms with van der Waals surface area (Å²) in [6.45, 7) is 0. The van der Waals surface area contributed by atoms with Crippen LogP contribution in [0, 0.1) is 17.1 Å². The van der Waals surface area contributed by atoms with E-state index in [0.29, 0.717) is 23.6 Å². The van der Waals surface area contributed by atoms with Crippen molar-refractivity contribution in [2.75, 3.05) is 5.75 Å². The number of halogens is 4. The highest BCUT2D eigenvalue weighted by Gasteiger charge is 2.47. The molecule has 0 bridgehead atoms. The molecule has 1 aromatic heterocycles. The number of pyridine rings is 1. The molecule has 164 valence electrons. The molecule has 0 spiro atoms. The fourth-order valence-corrected chi connectivity index (χ4v) is 3.83. The smallest absolute Gasteiger partial charge is 0.336 e. The second kappa shape index (κ2) is 9.66. The van der Waals surface area contributed by atoms with Crippen LogP contribution in [0.25, 0.3) is 0 Å². The fraction of sp³-hybridized carbons (Fsp3) is 0.381. The maximum Gasteiger partial charge on any atom is 0.407 e. The van der Waals surface area contributed by atoms with Gasteiger partial charge in [0.25, 0.3) is 0 Å². The molecule has 1 unspecified atom stereocenters. The maximum absolute atomic E-state index is 13.8. The third-order valence-corrected chi connectivity index (χ3v) is 5.81. The number of nitrogens with one attached hydrogen (secondary N) is 2. The molecule has 2 atom stereocenters. The molecule has 3 rings (SSSR count). The van der Waals surface area contributed by atoms with Crippen molar-refractivity contribution >= 4 is 17.7 Å². The van der Waals surface area contributed by atoms with Gasteiger partial charge in [-0.2, -0.15) is 18.4 Å². The van der Waals surface area contributed by atoms with Crippen molar-refractivity contribution in [3.8, 4) is 6.07 Å². The monoisotopic (exact) mass is 452 g/mol. The number of aromatic nitrogens is 1. The Bertz CT molecular complexity index is 927. The lowest BCUT2D eigenvalue weighted by Gasteiger charge is -2.28. The lowest BCUT2D eigenvalue weighted by molar-refractivity contribution is -0.161. The van der Waals surface area contributed by atoms with Crippen LogP contribution in [0.4, 0.5) is 17.6 Å². The topological polar surface area (TPSA) is 77.8 Å². The molecule has 1 aliphatic carbocycles. The van der Waals surface area contributed by atoms with Gasteiger partial charge < -0.3 is 5.32 Å². The van der Waals surface area contributed by atoms with E-state index in [-0.39, 0.29) is 12.0 Å². The molecule has 1 saturated carbocycles. The summed E-state index contributed by atoms with van der Waals surface area (Å²) in [7, 11) is 0. The van der Waals surface area contributed by atoms with E-state index in [0.717, 1.165) is 24.3 Å². The first kappa shape index (κ1) is 23.0. The van der Waals surface area contributed by atoms with Gasteiger partial charge in [0.2, 0.25) is 5.91 Å². The van der Waals surface area contributed by atoms with Crippen molar-refractivity contribution in [3.05, 3.63) is 60.0 Å². The van der Waals surface area contributed by atoms with Crippen LogP contribution in [-0.4, -0.2) is 34.4 Å². The molecule has 31 heavy (non-hydrogen) atoms. The first-order valence-electron chi connectivity index (χ1n) is 9.58. The number of carbonyl (C=O) groups is 1. The quantitative estimate of drug-likeness (QED) is 0.442. The number of alkyl halides is 3. The van der Waals surface area contributed by atoms with Crippen LogP contribution in [0.3, 0.4) is 0 Å². The van der Waals surface area contributed by atoms with Gasteiger partial charge in [0.15, 0.2) is 0 Å². The third kappa shape index (κ3) is 6.42. The lowest BCUT2D eigenvalue weighted by Crippen LogP contribution is -2.51. The Balaban J connectivity index is 1.76. The molecular formula is C21H20F4N4OS. The van der Waals surface area contributed by atoms with Crippen molar-refractivity contribution in [2.24, 2.45) is 0 Å². The highest BCUT2D eigenvalue weighted by atomic mass is 32.2. The van der Waals surface area contributed by atoms with Crippen LogP contribution in [-0.2, 0) is 4.79 Å². The van der Waals surface area contributed by atoms with Crippen molar-refractivity contribution in [3.63, 3.8) is 0 Å². The molecule has 5 nitrogen and oxygen atoms in total. The van der Waals surface area contributed by atoms with Gasteiger partial charge in [-0.1, -0.05) is 18.2 Å². The number of nitrogens with zero attached hydrogens (tertiary/aromatic N) is 2. The first-order valence-corrected chi connectivity index (χ1v) is 10.6. The summed E-state index contributed by atoms with van der Waals surface area (Å²) in [6, 6.07) is 7.88. The van der Waals surface area contributed by atoms with E-state index >= 15 is 0 Å². The SMILES string of the molecule is N#CC1(NC(=O)[C@H](CCSc2ccccn2)NC(c2ccc(F)cc2)C(F)(F)F)CC1. The third-order valence-electron chi connectivity index (χ3n) is 4.84. The van der Waals surface area contributed by atoms with E-state index in [9.17, 15) is 27.6 Å². The number of hydrogen-bond acceptors (Lipinski definition) is 5. The van der Waals surface area contributed by atoms with E-state index in [1.54, 1.807) is 24.4 Å². The molecule has 1 amide bonds. The largest absolute Gasteiger partial charge is 0.407 e. The van der Waals surface area contributed by atoms with Crippen LogP contribution < -0.4 is 10.6 Å². The number of nitriles is 1. The van der Waals surface area contributed by atoms with Crippen molar-refractivity contribution in [1.82, 2.24) is 15.6 Å². The van der Waals surface area contributed by atoms with Crippen LogP contribution >= 0.6 is 11.8 Å². The average Bonchev–Trinajstić information content (AvgIpc) is 3.51. The van der Waals surface area contributed by atoms with E-state index in [1.807, 2.05) is 6.07 Å². The second-order valence-electron chi connectivity index (χ2n) is 7.23.